The minimum atomic E-state index is -0.972. The smallest absolute Gasteiger partial charge is 0.337 e. The standard InChI is InChI=1S/C30H26BrNO5/c1-36-30(35)24-9-7-21(8-10-24)18-32(27-14-11-23(12-15-27)29(33)34)19-25-17-26(31)13-16-28(25)37-20-22-5-3-2-4-6-22/h2-17H,18-20H2,1H3,(H,33,34). The normalized spacial score (nSPS) is 10.5. The van der Waals surface area contributed by atoms with Gasteiger partial charge in [0.2, 0.25) is 0 Å². The van der Waals surface area contributed by atoms with Crippen molar-refractivity contribution in [3.63, 3.8) is 0 Å². The number of carboxylic acids is 1. The van der Waals surface area contributed by atoms with Crippen LogP contribution in [0.2, 0.25) is 0 Å². The lowest BCUT2D eigenvalue weighted by Crippen LogP contribution is -2.22. The first-order valence-electron chi connectivity index (χ1n) is 11.6. The maximum atomic E-state index is 11.8. The van der Waals surface area contributed by atoms with Crippen molar-refractivity contribution in [2.75, 3.05) is 12.0 Å². The second-order valence-corrected chi connectivity index (χ2v) is 9.34. The van der Waals surface area contributed by atoms with Crippen molar-refractivity contribution < 1.29 is 24.2 Å². The van der Waals surface area contributed by atoms with Gasteiger partial charge in [-0.05, 0) is 65.7 Å². The summed E-state index contributed by atoms with van der Waals surface area (Å²) < 4.78 is 11.9. The summed E-state index contributed by atoms with van der Waals surface area (Å²) in [4.78, 5) is 25.3. The molecule has 0 saturated heterocycles. The van der Waals surface area contributed by atoms with Crippen LogP contribution < -0.4 is 9.64 Å². The van der Waals surface area contributed by atoms with Gasteiger partial charge in [0.05, 0.1) is 18.2 Å². The fourth-order valence-electron chi connectivity index (χ4n) is 3.89. The molecule has 0 aliphatic heterocycles. The Morgan fingerprint density at radius 1 is 0.811 bits per heavy atom. The van der Waals surface area contributed by atoms with Crippen LogP contribution in [0.15, 0.2) is 102 Å². The predicted molar refractivity (Wildman–Crippen MR) is 146 cm³/mol. The third-order valence-electron chi connectivity index (χ3n) is 5.85. The first-order chi connectivity index (χ1) is 17.9. The first-order valence-corrected chi connectivity index (χ1v) is 12.4. The fraction of sp³-hybridized carbons (Fsp3) is 0.133. The van der Waals surface area contributed by atoms with Gasteiger partial charge in [0.15, 0.2) is 0 Å². The van der Waals surface area contributed by atoms with Crippen LogP contribution in [-0.4, -0.2) is 24.2 Å². The number of hydrogen-bond acceptors (Lipinski definition) is 5. The van der Waals surface area contributed by atoms with E-state index >= 15 is 0 Å². The third kappa shape index (κ3) is 6.98. The van der Waals surface area contributed by atoms with Crippen LogP contribution in [0.1, 0.15) is 37.4 Å². The number of benzene rings is 4. The lowest BCUT2D eigenvalue weighted by atomic mass is 10.1. The van der Waals surface area contributed by atoms with Crippen LogP contribution in [0.5, 0.6) is 5.75 Å². The van der Waals surface area contributed by atoms with Gasteiger partial charge in [0.1, 0.15) is 12.4 Å². The average molecular weight is 560 g/mol. The number of hydrogen-bond donors (Lipinski definition) is 1. The van der Waals surface area contributed by atoms with Crippen molar-refractivity contribution in [3.8, 4) is 5.75 Å². The number of aromatic carboxylic acids is 1. The Bertz CT molecular complexity index is 1360. The van der Waals surface area contributed by atoms with E-state index in [1.165, 1.54) is 7.11 Å². The van der Waals surface area contributed by atoms with Gasteiger partial charge in [-0.1, -0.05) is 58.4 Å². The molecule has 0 saturated carbocycles. The number of carboxylic acid groups (broad SMARTS) is 1. The maximum absolute atomic E-state index is 11.8. The molecule has 0 aliphatic carbocycles. The number of halogens is 1. The molecule has 0 heterocycles. The minimum absolute atomic E-state index is 0.223. The molecule has 4 aromatic rings. The van der Waals surface area contributed by atoms with E-state index in [0.29, 0.717) is 25.3 Å². The molecule has 0 unspecified atom stereocenters. The van der Waals surface area contributed by atoms with Crippen molar-refractivity contribution in [2.45, 2.75) is 19.7 Å². The van der Waals surface area contributed by atoms with Crippen molar-refractivity contribution >= 4 is 33.6 Å². The molecule has 37 heavy (non-hydrogen) atoms. The van der Waals surface area contributed by atoms with Gasteiger partial charge < -0.3 is 19.5 Å². The molecule has 4 aromatic carbocycles. The van der Waals surface area contributed by atoms with E-state index in [4.69, 9.17) is 9.47 Å². The number of anilines is 1. The average Bonchev–Trinajstić information content (AvgIpc) is 2.93. The molecule has 0 aromatic heterocycles. The van der Waals surface area contributed by atoms with Crippen LogP contribution in [0.3, 0.4) is 0 Å². The highest BCUT2D eigenvalue weighted by atomic mass is 79.9. The van der Waals surface area contributed by atoms with Crippen molar-refractivity contribution in [1.82, 2.24) is 0 Å². The predicted octanol–water partition coefficient (Wildman–Crippen LogP) is 6.72. The molecule has 4 rings (SSSR count). The number of carbonyl (C=O) groups is 2. The van der Waals surface area contributed by atoms with E-state index in [2.05, 4.69) is 20.8 Å². The third-order valence-corrected chi connectivity index (χ3v) is 6.34. The largest absolute Gasteiger partial charge is 0.489 e. The summed E-state index contributed by atoms with van der Waals surface area (Å²) in [6, 6.07) is 29.9. The van der Waals surface area contributed by atoms with E-state index in [1.807, 2.05) is 60.7 Å². The van der Waals surface area contributed by atoms with Crippen molar-refractivity contribution in [1.29, 1.82) is 0 Å². The molecule has 0 bridgehead atoms. The summed E-state index contributed by atoms with van der Waals surface area (Å²) in [5, 5.41) is 9.32. The van der Waals surface area contributed by atoms with Gasteiger partial charge in [0, 0.05) is 28.8 Å². The zero-order valence-electron chi connectivity index (χ0n) is 20.3. The number of rotatable bonds is 10. The number of ether oxygens (including phenoxy) is 2. The highest BCUT2D eigenvalue weighted by Crippen LogP contribution is 2.29. The van der Waals surface area contributed by atoms with Crippen LogP contribution in [-0.2, 0) is 24.4 Å². The highest BCUT2D eigenvalue weighted by molar-refractivity contribution is 9.10. The topological polar surface area (TPSA) is 76.1 Å². The van der Waals surface area contributed by atoms with Crippen LogP contribution in [0, 0.1) is 0 Å². The van der Waals surface area contributed by atoms with Gasteiger partial charge >= 0.3 is 11.9 Å². The lowest BCUT2D eigenvalue weighted by Gasteiger charge is -2.26. The number of carbonyl (C=O) groups excluding carboxylic acids is 1. The summed E-state index contributed by atoms with van der Waals surface area (Å²) in [5.41, 5.74) is 4.59. The summed E-state index contributed by atoms with van der Waals surface area (Å²) in [6.45, 7) is 1.48. The Kier molecular flexibility index (Phi) is 8.59. The zero-order chi connectivity index (χ0) is 26.2. The SMILES string of the molecule is COC(=O)c1ccc(CN(Cc2cc(Br)ccc2OCc2ccccc2)c2ccc(C(=O)O)cc2)cc1. The minimum Gasteiger partial charge on any atom is -0.489 e. The number of esters is 1. The summed E-state index contributed by atoms with van der Waals surface area (Å²) in [6.07, 6.45) is 0. The summed E-state index contributed by atoms with van der Waals surface area (Å²) >= 11 is 3.58. The Hall–Kier alpha value is -4.10. The van der Waals surface area contributed by atoms with E-state index in [-0.39, 0.29) is 11.5 Å². The second kappa shape index (κ2) is 12.2. The molecule has 0 radical (unpaired) electrons. The van der Waals surface area contributed by atoms with Crippen LogP contribution >= 0.6 is 15.9 Å². The molecule has 0 amide bonds. The summed E-state index contributed by atoms with van der Waals surface area (Å²) in [5.74, 6) is -0.595. The Labute approximate surface area is 224 Å². The molecular weight excluding hydrogens is 534 g/mol. The monoisotopic (exact) mass is 559 g/mol. The van der Waals surface area contributed by atoms with Crippen LogP contribution in [0.4, 0.5) is 5.69 Å². The van der Waals surface area contributed by atoms with E-state index in [0.717, 1.165) is 32.6 Å². The van der Waals surface area contributed by atoms with Crippen LogP contribution in [0.25, 0.3) is 0 Å². The summed E-state index contributed by atoms with van der Waals surface area (Å²) in [7, 11) is 1.36. The quantitative estimate of drug-likeness (QED) is 0.217. The van der Waals surface area contributed by atoms with E-state index in [9.17, 15) is 14.7 Å². The van der Waals surface area contributed by atoms with E-state index in [1.54, 1.807) is 36.4 Å². The Balaban J connectivity index is 1.62. The van der Waals surface area contributed by atoms with Gasteiger partial charge in [-0.25, -0.2) is 9.59 Å². The molecule has 0 atom stereocenters. The van der Waals surface area contributed by atoms with Gasteiger partial charge in [0.25, 0.3) is 0 Å². The van der Waals surface area contributed by atoms with Gasteiger partial charge in [-0.3, -0.25) is 0 Å². The molecule has 0 spiro atoms. The van der Waals surface area contributed by atoms with E-state index < -0.39 is 5.97 Å². The first kappa shape index (κ1) is 26.0. The molecule has 1 N–H and O–H groups in total. The molecule has 6 nitrogen and oxygen atoms in total. The maximum Gasteiger partial charge on any atom is 0.337 e. The fourth-order valence-corrected chi connectivity index (χ4v) is 4.30. The lowest BCUT2D eigenvalue weighted by molar-refractivity contribution is 0.0599. The van der Waals surface area contributed by atoms with Crippen molar-refractivity contribution in [2.24, 2.45) is 0 Å². The molecule has 7 heteroatoms. The number of nitrogens with zero attached hydrogens (tertiary/aromatic N) is 1. The Morgan fingerprint density at radius 2 is 1.49 bits per heavy atom. The molecular formula is C30H26BrNO5. The Morgan fingerprint density at radius 3 is 2.14 bits per heavy atom. The molecule has 188 valence electrons. The zero-order valence-corrected chi connectivity index (χ0v) is 21.9. The van der Waals surface area contributed by atoms with Gasteiger partial charge in [-0.15, -0.1) is 0 Å². The molecule has 0 aliphatic rings. The molecule has 0 fully saturated rings. The second-order valence-electron chi connectivity index (χ2n) is 8.42. The van der Waals surface area contributed by atoms with Crippen molar-refractivity contribution in [3.05, 3.63) is 129 Å². The highest BCUT2D eigenvalue weighted by Gasteiger charge is 2.15. The van der Waals surface area contributed by atoms with Gasteiger partial charge in [-0.2, -0.15) is 0 Å². The number of methoxy groups -OCH3 is 1.